The van der Waals surface area contributed by atoms with Crippen LogP contribution in [0.3, 0.4) is 0 Å². The third-order valence-electron chi connectivity index (χ3n) is 3.30. The van der Waals surface area contributed by atoms with Gasteiger partial charge in [-0.2, -0.15) is 0 Å². The first-order chi connectivity index (χ1) is 9.97. The molecule has 0 saturated carbocycles. The average Bonchev–Trinajstić information content (AvgIpc) is 2.49. The van der Waals surface area contributed by atoms with Gasteiger partial charge in [0.15, 0.2) is 9.84 Å². The topological polar surface area (TPSA) is 43.4 Å². The Bertz CT molecular complexity index is 722. The van der Waals surface area contributed by atoms with E-state index in [4.69, 9.17) is 16.3 Å². The molecule has 0 radical (unpaired) electrons. The van der Waals surface area contributed by atoms with E-state index in [-0.39, 0.29) is 5.75 Å². The molecule has 5 heteroatoms. The van der Waals surface area contributed by atoms with Crippen molar-refractivity contribution in [3.63, 3.8) is 0 Å². The number of ether oxygens (including phenoxy) is 1. The predicted molar refractivity (Wildman–Crippen MR) is 84.7 cm³/mol. The molecular formula is C16H17ClO3S. The average molecular weight is 325 g/mol. The van der Waals surface area contributed by atoms with Gasteiger partial charge in [-0.15, -0.1) is 0 Å². The lowest BCUT2D eigenvalue weighted by Gasteiger charge is -2.10. The summed E-state index contributed by atoms with van der Waals surface area (Å²) in [6, 6.07) is 12.1. The van der Waals surface area contributed by atoms with Crippen molar-refractivity contribution >= 4 is 21.4 Å². The monoisotopic (exact) mass is 324 g/mol. The van der Waals surface area contributed by atoms with Gasteiger partial charge >= 0.3 is 0 Å². The number of sulfone groups is 1. The fourth-order valence-electron chi connectivity index (χ4n) is 2.05. The van der Waals surface area contributed by atoms with E-state index in [1.54, 1.807) is 30.3 Å². The highest BCUT2D eigenvalue weighted by Crippen LogP contribution is 2.30. The van der Waals surface area contributed by atoms with Gasteiger partial charge < -0.3 is 4.74 Å². The lowest BCUT2D eigenvalue weighted by Crippen LogP contribution is -2.06. The minimum Gasteiger partial charge on any atom is -0.495 e. The maximum atomic E-state index is 12.5. The molecule has 0 aliphatic carbocycles. The zero-order valence-electron chi connectivity index (χ0n) is 12.0. The maximum absolute atomic E-state index is 12.5. The van der Waals surface area contributed by atoms with Gasteiger partial charge in [-0.1, -0.05) is 42.8 Å². The van der Waals surface area contributed by atoms with E-state index in [0.29, 0.717) is 21.2 Å². The van der Waals surface area contributed by atoms with Gasteiger partial charge in [0, 0.05) is 0 Å². The number of hydrogen-bond acceptors (Lipinski definition) is 3. The van der Waals surface area contributed by atoms with Gasteiger partial charge in [0.1, 0.15) is 5.75 Å². The van der Waals surface area contributed by atoms with Crippen molar-refractivity contribution in [2.45, 2.75) is 24.0 Å². The molecule has 2 aromatic carbocycles. The highest BCUT2D eigenvalue weighted by atomic mass is 35.5. The molecule has 0 N–H and O–H groups in total. The standard InChI is InChI=1S/C16H17ClO3S/c1-3-12-7-9-14(10-8-12)21(18,19)11-13-5-4-6-15(20-2)16(13)17/h4-10H,3,11H2,1-2H3. The van der Waals surface area contributed by atoms with Crippen LogP contribution >= 0.6 is 11.6 Å². The second kappa shape index (κ2) is 6.50. The second-order valence-corrected chi connectivity index (χ2v) is 7.06. The summed E-state index contributed by atoms with van der Waals surface area (Å²) in [5.74, 6) is 0.333. The van der Waals surface area contributed by atoms with Crippen molar-refractivity contribution in [2.24, 2.45) is 0 Å². The molecule has 0 fully saturated rings. The Balaban J connectivity index is 2.32. The van der Waals surface area contributed by atoms with Crippen LogP contribution in [0, 0.1) is 0 Å². The van der Waals surface area contributed by atoms with Crippen molar-refractivity contribution < 1.29 is 13.2 Å². The number of methoxy groups -OCH3 is 1. The predicted octanol–water partition coefficient (Wildman–Crippen LogP) is 3.88. The Hall–Kier alpha value is -1.52. The third-order valence-corrected chi connectivity index (χ3v) is 5.41. The Labute approximate surface area is 130 Å². The Morgan fingerprint density at radius 2 is 1.76 bits per heavy atom. The molecule has 0 aliphatic rings. The lowest BCUT2D eigenvalue weighted by atomic mass is 10.2. The van der Waals surface area contributed by atoms with Crippen LogP contribution in [0.4, 0.5) is 0 Å². The quantitative estimate of drug-likeness (QED) is 0.838. The van der Waals surface area contributed by atoms with Crippen LogP contribution < -0.4 is 4.74 Å². The van der Waals surface area contributed by atoms with Crippen LogP contribution in [0.1, 0.15) is 18.1 Å². The second-order valence-electron chi connectivity index (χ2n) is 4.69. The molecule has 2 rings (SSSR count). The summed E-state index contributed by atoms with van der Waals surface area (Å²) >= 11 is 6.16. The van der Waals surface area contributed by atoms with E-state index in [0.717, 1.165) is 12.0 Å². The minimum absolute atomic E-state index is 0.144. The molecule has 0 spiro atoms. The fraction of sp³-hybridized carbons (Fsp3) is 0.250. The van der Waals surface area contributed by atoms with Crippen LogP contribution in [0.5, 0.6) is 5.75 Å². The van der Waals surface area contributed by atoms with Crippen LogP contribution in [0.2, 0.25) is 5.02 Å². The summed E-state index contributed by atoms with van der Waals surface area (Å²) in [7, 11) is -1.92. The summed E-state index contributed by atoms with van der Waals surface area (Å²) in [6.07, 6.45) is 0.877. The first kappa shape index (κ1) is 15.9. The van der Waals surface area contributed by atoms with E-state index in [9.17, 15) is 8.42 Å². The zero-order valence-corrected chi connectivity index (χ0v) is 13.5. The van der Waals surface area contributed by atoms with Gasteiger partial charge in [0.25, 0.3) is 0 Å². The van der Waals surface area contributed by atoms with E-state index < -0.39 is 9.84 Å². The number of aryl methyl sites for hydroxylation is 1. The molecule has 0 heterocycles. The molecular weight excluding hydrogens is 308 g/mol. The van der Waals surface area contributed by atoms with Crippen LogP contribution in [0.25, 0.3) is 0 Å². The first-order valence-corrected chi connectivity index (χ1v) is 8.64. The Morgan fingerprint density at radius 1 is 1.10 bits per heavy atom. The van der Waals surface area contributed by atoms with E-state index in [1.807, 2.05) is 19.1 Å². The van der Waals surface area contributed by atoms with E-state index in [1.165, 1.54) is 7.11 Å². The lowest BCUT2D eigenvalue weighted by molar-refractivity contribution is 0.414. The summed E-state index contributed by atoms with van der Waals surface area (Å²) < 4.78 is 30.0. The van der Waals surface area contributed by atoms with Gasteiger partial charge in [-0.3, -0.25) is 0 Å². The maximum Gasteiger partial charge on any atom is 0.182 e. The molecule has 0 aliphatic heterocycles. The summed E-state index contributed by atoms with van der Waals surface area (Å²) in [5.41, 5.74) is 1.64. The fourth-order valence-corrected chi connectivity index (χ4v) is 3.76. The number of hydrogen-bond donors (Lipinski definition) is 0. The van der Waals surface area contributed by atoms with Crippen molar-refractivity contribution in [1.29, 1.82) is 0 Å². The van der Waals surface area contributed by atoms with E-state index in [2.05, 4.69) is 0 Å². The van der Waals surface area contributed by atoms with Gasteiger partial charge in [0.2, 0.25) is 0 Å². The summed E-state index contributed by atoms with van der Waals surface area (Å²) in [4.78, 5) is 0.304. The van der Waals surface area contributed by atoms with Gasteiger partial charge in [0.05, 0.1) is 22.8 Å². The largest absolute Gasteiger partial charge is 0.495 e. The molecule has 0 aromatic heterocycles. The molecule has 2 aromatic rings. The van der Waals surface area contributed by atoms with Crippen molar-refractivity contribution in [1.82, 2.24) is 0 Å². The molecule has 3 nitrogen and oxygen atoms in total. The van der Waals surface area contributed by atoms with Crippen molar-refractivity contribution in [3.05, 3.63) is 58.6 Å². The van der Waals surface area contributed by atoms with Crippen LogP contribution in [0.15, 0.2) is 47.4 Å². The summed E-state index contributed by atoms with van der Waals surface area (Å²) in [6.45, 7) is 2.03. The smallest absolute Gasteiger partial charge is 0.182 e. The highest BCUT2D eigenvalue weighted by molar-refractivity contribution is 7.90. The SMILES string of the molecule is CCc1ccc(S(=O)(=O)Cc2cccc(OC)c2Cl)cc1. The van der Waals surface area contributed by atoms with Gasteiger partial charge in [-0.25, -0.2) is 8.42 Å². The van der Waals surface area contributed by atoms with Crippen LogP contribution in [-0.4, -0.2) is 15.5 Å². The summed E-state index contributed by atoms with van der Waals surface area (Å²) in [5, 5.41) is 0.341. The minimum atomic E-state index is -3.43. The normalized spacial score (nSPS) is 11.4. The Kier molecular flexibility index (Phi) is 4.91. The number of benzene rings is 2. The molecule has 0 atom stereocenters. The molecule has 0 bridgehead atoms. The third kappa shape index (κ3) is 3.57. The van der Waals surface area contributed by atoms with Crippen LogP contribution in [-0.2, 0) is 22.0 Å². The van der Waals surface area contributed by atoms with Crippen molar-refractivity contribution in [2.75, 3.05) is 7.11 Å². The molecule has 112 valence electrons. The molecule has 0 unspecified atom stereocenters. The van der Waals surface area contributed by atoms with Gasteiger partial charge in [-0.05, 0) is 35.7 Å². The zero-order chi connectivity index (χ0) is 15.5. The van der Waals surface area contributed by atoms with E-state index >= 15 is 0 Å². The molecule has 21 heavy (non-hydrogen) atoms. The first-order valence-electron chi connectivity index (χ1n) is 6.61. The molecule has 0 saturated heterocycles. The van der Waals surface area contributed by atoms with Crippen molar-refractivity contribution in [3.8, 4) is 5.75 Å². The Morgan fingerprint density at radius 3 is 2.33 bits per heavy atom. The number of halogens is 1. The highest BCUT2D eigenvalue weighted by Gasteiger charge is 2.18. The number of rotatable bonds is 5. The molecule has 0 amide bonds.